The largest absolute Gasteiger partial charge is 0.466 e. The van der Waals surface area contributed by atoms with Gasteiger partial charge < -0.3 is 24.7 Å². The minimum atomic E-state index is -0.429. The topological polar surface area (TPSA) is 104 Å². The molecule has 2 aliphatic heterocycles. The average molecular weight is 404 g/mol. The molecule has 0 bridgehead atoms. The van der Waals surface area contributed by atoms with Crippen molar-refractivity contribution in [3.8, 4) is 0 Å². The SMILES string of the molecule is CCOC(=O)C1=C(CN2CCN(C(=O)c3cc(C)oc3C)CC2)NC(=O)NC1C. The molecular weight excluding hydrogens is 376 g/mol. The zero-order chi connectivity index (χ0) is 21.1. The summed E-state index contributed by atoms with van der Waals surface area (Å²) in [5, 5.41) is 5.44. The third-order valence-corrected chi connectivity index (χ3v) is 5.18. The second-order valence-corrected chi connectivity index (χ2v) is 7.33. The van der Waals surface area contributed by atoms with Crippen molar-refractivity contribution in [2.45, 2.75) is 33.7 Å². The van der Waals surface area contributed by atoms with Gasteiger partial charge in [-0.05, 0) is 33.8 Å². The van der Waals surface area contributed by atoms with E-state index in [1.807, 2.05) is 6.92 Å². The fourth-order valence-corrected chi connectivity index (χ4v) is 3.75. The summed E-state index contributed by atoms with van der Waals surface area (Å²) in [6.45, 7) is 10.2. The van der Waals surface area contributed by atoms with Crippen LogP contribution in [-0.2, 0) is 9.53 Å². The molecule has 0 aromatic carbocycles. The molecule has 1 fully saturated rings. The first-order valence-corrected chi connectivity index (χ1v) is 9.86. The summed E-state index contributed by atoms with van der Waals surface area (Å²) in [4.78, 5) is 40.9. The smallest absolute Gasteiger partial charge is 0.337 e. The van der Waals surface area contributed by atoms with E-state index in [0.29, 0.717) is 55.3 Å². The van der Waals surface area contributed by atoms with Crippen LogP contribution in [0.1, 0.15) is 35.7 Å². The van der Waals surface area contributed by atoms with Crippen molar-refractivity contribution in [3.63, 3.8) is 0 Å². The van der Waals surface area contributed by atoms with Gasteiger partial charge in [-0.1, -0.05) is 0 Å². The van der Waals surface area contributed by atoms with Crippen LogP contribution in [0, 0.1) is 13.8 Å². The molecule has 1 saturated heterocycles. The van der Waals surface area contributed by atoms with E-state index in [0.717, 1.165) is 5.76 Å². The number of furan rings is 1. The second kappa shape index (κ2) is 8.69. The normalized spacial score (nSPS) is 20.3. The number of nitrogens with one attached hydrogen (secondary N) is 2. The standard InChI is InChI=1S/C20H28N4O5/c1-5-28-19(26)17-13(3)21-20(27)22-16(17)11-23-6-8-24(9-7-23)18(25)15-10-12(2)29-14(15)4/h10,13H,5-9,11H2,1-4H3,(H2,21,22,27). The molecule has 2 aliphatic rings. The number of ether oxygens (including phenoxy) is 1. The molecule has 29 heavy (non-hydrogen) atoms. The lowest BCUT2D eigenvalue weighted by molar-refractivity contribution is -0.139. The number of urea groups is 1. The summed E-state index contributed by atoms with van der Waals surface area (Å²) < 4.78 is 10.6. The van der Waals surface area contributed by atoms with Crippen LogP contribution >= 0.6 is 0 Å². The lowest BCUT2D eigenvalue weighted by atomic mass is 10.0. The Morgan fingerprint density at radius 3 is 2.52 bits per heavy atom. The molecule has 0 spiro atoms. The third-order valence-electron chi connectivity index (χ3n) is 5.18. The number of carbonyl (C=O) groups is 3. The van der Waals surface area contributed by atoms with Crippen LogP contribution in [0.5, 0.6) is 0 Å². The highest BCUT2D eigenvalue weighted by Gasteiger charge is 2.32. The molecule has 3 heterocycles. The van der Waals surface area contributed by atoms with Gasteiger partial charge in [0.05, 0.1) is 23.8 Å². The van der Waals surface area contributed by atoms with Crippen molar-refractivity contribution in [1.29, 1.82) is 0 Å². The maximum atomic E-state index is 12.7. The molecule has 1 aromatic heterocycles. The Labute approximate surface area is 170 Å². The van der Waals surface area contributed by atoms with E-state index in [1.54, 1.807) is 31.7 Å². The summed E-state index contributed by atoms with van der Waals surface area (Å²) in [6.07, 6.45) is 0. The molecule has 1 unspecified atom stereocenters. The van der Waals surface area contributed by atoms with E-state index in [4.69, 9.17) is 9.15 Å². The predicted molar refractivity (Wildman–Crippen MR) is 105 cm³/mol. The van der Waals surface area contributed by atoms with E-state index >= 15 is 0 Å². The highest BCUT2D eigenvalue weighted by atomic mass is 16.5. The molecule has 9 nitrogen and oxygen atoms in total. The summed E-state index contributed by atoms with van der Waals surface area (Å²) in [5.41, 5.74) is 1.60. The molecular formula is C20H28N4O5. The molecule has 0 aliphatic carbocycles. The Bertz CT molecular complexity index is 836. The van der Waals surface area contributed by atoms with E-state index in [-0.39, 0.29) is 18.5 Å². The van der Waals surface area contributed by atoms with Gasteiger partial charge in [0.25, 0.3) is 5.91 Å². The van der Waals surface area contributed by atoms with Crippen LogP contribution in [0.4, 0.5) is 4.79 Å². The Morgan fingerprint density at radius 2 is 1.93 bits per heavy atom. The molecule has 1 aromatic rings. The average Bonchev–Trinajstić information content (AvgIpc) is 2.99. The number of esters is 1. The van der Waals surface area contributed by atoms with E-state index < -0.39 is 12.0 Å². The summed E-state index contributed by atoms with van der Waals surface area (Å²) in [6, 6.07) is 1.01. The minimum Gasteiger partial charge on any atom is -0.466 e. The van der Waals surface area contributed by atoms with Crippen LogP contribution < -0.4 is 10.6 Å². The Hall–Kier alpha value is -2.81. The fourth-order valence-electron chi connectivity index (χ4n) is 3.75. The third kappa shape index (κ3) is 4.61. The second-order valence-electron chi connectivity index (χ2n) is 7.33. The fraction of sp³-hybridized carbons (Fsp3) is 0.550. The van der Waals surface area contributed by atoms with Gasteiger partial charge in [-0.3, -0.25) is 9.69 Å². The van der Waals surface area contributed by atoms with Crippen LogP contribution in [-0.4, -0.2) is 73.1 Å². The summed E-state index contributed by atoms with van der Waals surface area (Å²) in [5.74, 6) is 0.889. The van der Waals surface area contributed by atoms with E-state index in [2.05, 4.69) is 15.5 Å². The number of carbonyl (C=O) groups excluding carboxylic acids is 3. The highest BCUT2D eigenvalue weighted by molar-refractivity contribution is 5.95. The monoisotopic (exact) mass is 404 g/mol. The number of aryl methyl sites for hydroxylation is 2. The first-order valence-electron chi connectivity index (χ1n) is 9.86. The van der Waals surface area contributed by atoms with E-state index in [9.17, 15) is 14.4 Å². The predicted octanol–water partition coefficient (Wildman–Crippen LogP) is 1.17. The van der Waals surface area contributed by atoms with Crippen molar-refractivity contribution in [1.82, 2.24) is 20.4 Å². The first-order chi connectivity index (χ1) is 13.8. The molecule has 3 amide bonds. The molecule has 9 heteroatoms. The van der Waals surface area contributed by atoms with Gasteiger partial charge >= 0.3 is 12.0 Å². The molecule has 158 valence electrons. The lowest BCUT2D eigenvalue weighted by Gasteiger charge is -2.36. The molecule has 2 N–H and O–H groups in total. The summed E-state index contributed by atoms with van der Waals surface area (Å²) >= 11 is 0. The zero-order valence-electron chi connectivity index (χ0n) is 17.3. The number of hydrogen-bond acceptors (Lipinski definition) is 6. The van der Waals surface area contributed by atoms with Crippen molar-refractivity contribution < 1.29 is 23.5 Å². The Morgan fingerprint density at radius 1 is 1.24 bits per heavy atom. The van der Waals surface area contributed by atoms with Crippen LogP contribution in [0.25, 0.3) is 0 Å². The molecule has 1 atom stereocenters. The van der Waals surface area contributed by atoms with E-state index in [1.165, 1.54) is 0 Å². The van der Waals surface area contributed by atoms with Crippen molar-refractivity contribution in [2.24, 2.45) is 0 Å². The van der Waals surface area contributed by atoms with Crippen LogP contribution in [0.2, 0.25) is 0 Å². The molecule has 0 radical (unpaired) electrons. The number of hydrogen-bond donors (Lipinski definition) is 2. The lowest BCUT2D eigenvalue weighted by Crippen LogP contribution is -2.54. The van der Waals surface area contributed by atoms with Crippen molar-refractivity contribution >= 4 is 17.9 Å². The molecule has 0 saturated carbocycles. The quantitative estimate of drug-likeness (QED) is 0.714. The molecule has 3 rings (SSSR count). The van der Waals surface area contributed by atoms with Gasteiger partial charge in [-0.25, -0.2) is 9.59 Å². The van der Waals surface area contributed by atoms with Crippen molar-refractivity contribution in [3.05, 3.63) is 34.4 Å². The number of piperazine rings is 1. The van der Waals surface area contributed by atoms with Gasteiger partial charge in [0.1, 0.15) is 11.5 Å². The van der Waals surface area contributed by atoms with Gasteiger partial charge in [-0.2, -0.15) is 0 Å². The Kier molecular flexibility index (Phi) is 6.26. The van der Waals surface area contributed by atoms with Crippen LogP contribution in [0.15, 0.2) is 21.8 Å². The highest BCUT2D eigenvalue weighted by Crippen LogP contribution is 2.19. The first kappa shape index (κ1) is 20.9. The number of nitrogens with zero attached hydrogens (tertiary/aromatic N) is 2. The van der Waals surface area contributed by atoms with Crippen molar-refractivity contribution in [2.75, 3.05) is 39.3 Å². The number of rotatable bonds is 5. The van der Waals surface area contributed by atoms with Crippen LogP contribution in [0.3, 0.4) is 0 Å². The van der Waals surface area contributed by atoms with Gasteiger partial charge in [0.15, 0.2) is 0 Å². The zero-order valence-corrected chi connectivity index (χ0v) is 17.3. The van der Waals surface area contributed by atoms with Gasteiger partial charge in [-0.15, -0.1) is 0 Å². The van der Waals surface area contributed by atoms with Gasteiger partial charge in [0.2, 0.25) is 0 Å². The van der Waals surface area contributed by atoms with Gasteiger partial charge in [0, 0.05) is 38.4 Å². The maximum Gasteiger partial charge on any atom is 0.337 e. The summed E-state index contributed by atoms with van der Waals surface area (Å²) in [7, 11) is 0. The minimum absolute atomic E-state index is 0.0331. The number of amides is 3. The Balaban J connectivity index is 1.66. The maximum absolute atomic E-state index is 12.7.